The molecule has 8 aromatic rings. The van der Waals surface area contributed by atoms with Crippen LogP contribution >= 0.6 is 0 Å². The van der Waals surface area contributed by atoms with Crippen molar-refractivity contribution in [1.29, 1.82) is 0 Å². The molecule has 0 bridgehead atoms. The zero-order chi connectivity index (χ0) is 32.2. The summed E-state index contributed by atoms with van der Waals surface area (Å²) in [5, 5.41) is 2.09. The van der Waals surface area contributed by atoms with Crippen LogP contribution in [0.4, 0.5) is 5.69 Å². The molecular formula is C42H26N4O2. The number of nitrogens with zero attached hydrogens (tertiary/aromatic N) is 4. The zero-order valence-corrected chi connectivity index (χ0v) is 25.6. The number of para-hydroxylation sites is 1. The van der Waals surface area contributed by atoms with Gasteiger partial charge in [0.05, 0.1) is 33.5 Å². The molecule has 0 unspecified atom stereocenters. The van der Waals surface area contributed by atoms with Gasteiger partial charge in [-0.05, 0) is 82.4 Å². The van der Waals surface area contributed by atoms with E-state index < -0.39 is 0 Å². The Morgan fingerprint density at radius 2 is 0.958 bits per heavy atom. The Morgan fingerprint density at radius 3 is 1.58 bits per heavy atom. The van der Waals surface area contributed by atoms with Crippen molar-refractivity contribution in [2.24, 2.45) is 0 Å². The normalized spacial score (nSPS) is 12.6. The minimum atomic E-state index is -0.348. The lowest BCUT2D eigenvalue weighted by Crippen LogP contribution is -2.30. The molecule has 1 aliphatic rings. The second-order valence-electron chi connectivity index (χ2n) is 11.8. The molecule has 9 rings (SSSR count). The van der Waals surface area contributed by atoms with Crippen LogP contribution in [-0.2, 0) is 0 Å². The third kappa shape index (κ3) is 4.27. The maximum Gasteiger partial charge on any atom is 0.268 e. The SMILES string of the molecule is O=C1c2cccc(-n3c4cc(-c5ccncc5)ccc4c4ccc(-c5ccncc5)cc43)c2C(=O)N1c1ccccc1-c1ccccc1. The third-order valence-electron chi connectivity index (χ3n) is 9.16. The van der Waals surface area contributed by atoms with E-state index in [1.54, 1.807) is 30.9 Å². The van der Waals surface area contributed by atoms with Gasteiger partial charge in [-0.15, -0.1) is 0 Å². The number of rotatable bonds is 5. The lowest BCUT2D eigenvalue weighted by Gasteiger charge is -2.19. The smallest absolute Gasteiger partial charge is 0.268 e. The lowest BCUT2D eigenvalue weighted by atomic mass is 10.0. The van der Waals surface area contributed by atoms with Crippen LogP contribution in [-0.4, -0.2) is 26.3 Å². The summed E-state index contributed by atoms with van der Waals surface area (Å²) in [5.74, 6) is -0.685. The number of carbonyl (C=O) groups is 2. The largest absolute Gasteiger partial charge is 0.308 e. The van der Waals surface area contributed by atoms with Crippen molar-refractivity contribution >= 4 is 39.3 Å². The van der Waals surface area contributed by atoms with Crippen LogP contribution in [0.5, 0.6) is 0 Å². The number of carbonyl (C=O) groups excluding carboxylic acids is 2. The van der Waals surface area contributed by atoms with Gasteiger partial charge in [0.1, 0.15) is 0 Å². The zero-order valence-electron chi connectivity index (χ0n) is 25.6. The van der Waals surface area contributed by atoms with E-state index in [0.29, 0.717) is 22.5 Å². The second kappa shape index (κ2) is 11.0. The molecule has 0 fully saturated rings. The van der Waals surface area contributed by atoms with Crippen molar-refractivity contribution in [3.63, 3.8) is 0 Å². The maximum atomic E-state index is 14.6. The molecule has 4 heterocycles. The predicted octanol–water partition coefficient (Wildman–Crippen LogP) is 9.38. The minimum Gasteiger partial charge on any atom is -0.308 e. The van der Waals surface area contributed by atoms with Gasteiger partial charge in [0.25, 0.3) is 11.8 Å². The number of imide groups is 1. The van der Waals surface area contributed by atoms with Gasteiger partial charge in [-0.1, -0.05) is 78.9 Å². The van der Waals surface area contributed by atoms with Crippen LogP contribution in [0.25, 0.3) is 60.9 Å². The summed E-state index contributed by atoms with van der Waals surface area (Å²) in [7, 11) is 0. The summed E-state index contributed by atoms with van der Waals surface area (Å²) in [5.41, 5.74) is 9.71. The summed E-state index contributed by atoms with van der Waals surface area (Å²) in [6.45, 7) is 0. The molecule has 3 aromatic heterocycles. The molecule has 0 N–H and O–H groups in total. The third-order valence-corrected chi connectivity index (χ3v) is 9.16. The van der Waals surface area contributed by atoms with E-state index >= 15 is 0 Å². The van der Waals surface area contributed by atoms with Crippen molar-refractivity contribution in [2.75, 3.05) is 4.90 Å². The predicted molar refractivity (Wildman–Crippen MR) is 190 cm³/mol. The maximum absolute atomic E-state index is 14.6. The molecule has 1 aliphatic heterocycles. The van der Waals surface area contributed by atoms with Gasteiger partial charge in [-0.25, -0.2) is 4.90 Å². The highest BCUT2D eigenvalue weighted by molar-refractivity contribution is 6.36. The highest BCUT2D eigenvalue weighted by Gasteiger charge is 2.40. The fourth-order valence-electron chi connectivity index (χ4n) is 6.93. The van der Waals surface area contributed by atoms with Crippen LogP contribution in [0.3, 0.4) is 0 Å². The quantitative estimate of drug-likeness (QED) is 0.180. The van der Waals surface area contributed by atoms with Gasteiger partial charge in [0.2, 0.25) is 0 Å². The highest BCUT2D eigenvalue weighted by atomic mass is 16.2. The molecule has 48 heavy (non-hydrogen) atoms. The number of pyridine rings is 2. The van der Waals surface area contributed by atoms with E-state index in [9.17, 15) is 9.59 Å². The highest BCUT2D eigenvalue weighted by Crippen LogP contribution is 2.41. The van der Waals surface area contributed by atoms with E-state index in [4.69, 9.17) is 0 Å². The fourth-order valence-corrected chi connectivity index (χ4v) is 6.93. The molecule has 6 heteroatoms. The molecule has 0 atom stereocenters. The molecule has 0 spiro atoms. The summed E-state index contributed by atoms with van der Waals surface area (Å²) in [4.78, 5) is 38.6. The minimum absolute atomic E-state index is 0.337. The van der Waals surface area contributed by atoms with E-state index in [2.05, 4.69) is 50.9 Å². The number of hydrogen-bond donors (Lipinski definition) is 0. The van der Waals surface area contributed by atoms with Crippen LogP contribution in [0.1, 0.15) is 20.7 Å². The first-order chi connectivity index (χ1) is 23.7. The van der Waals surface area contributed by atoms with Gasteiger partial charge in [-0.2, -0.15) is 0 Å². The molecule has 6 nitrogen and oxygen atoms in total. The Kier molecular flexibility index (Phi) is 6.33. The molecule has 5 aromatic carbocycles. The Labute approximate surface area is 276 Å². The van der Waals surface area contributed by atoms with Crippen molar-refractivity contribution in [1.82, 2.24) is 14.5 Å². The van der Waals surface area contributed by atoms with Crippen molar-refractivity contribution in [2.45, 2.75) is 0 Å². The monoisotopic (exact) mass is 618 g/mol. The standard InChI is InChI=1S/C42H26N4O2/c47-41-35-10-6-12-37(40(35)42(48)46(41)36-11-5-4-9-32(36)29-7-2-1-3-8-29)45-38-25-30(27-17-21-43-22-18-27)13-15-33(38)34-16-14-31(26-39(34)45)28-19-23-44-24-20-28/h1-26H. The number of benzene rings is 5. The van der Waals surface area contributed by atoms with E-state index in [-0.39, 0.29) is 11.8 Å². The first-order valence-corrected chi connectivity index (χ1v) is 15.7. The summed E-state index contributed by atoms with van der Waals surface area (Å²) in [6.07, 6.45) is 7.14. The van der Waals surface area contributed by atoms with Crippen LogP contribution in [0, 0.1) is 0 Å². The molecule has 0 saturated carbocycles. The Bertz CT molecular complexity index is 2440. The van der Waals surface area contributed by atoms with Crippen LogP contribution < -0.4 is 4.90 Å². The average molecular weight is 619 g/mol. The summed E-state index contributed by atoms with van der Waals surface area (Å²) < 4.78 is 2.14. The number of hydrogen-bond acceptors (Lipinski definition) is 4. The Balaban J connectivity index is 1.29. The topological polar surface area (TPSA) is 68.1 Å². The number of aromatic nitrogens is 3. The van der Waals surface area contributed by atoms with E-state index in [1.165, 1.54) is 4.90 Å². The number of amides is 2. The first kappa shape index (κ1) is 27.6. The lowest BCUT2D eigenvalue weighted by molar-refractivity contribution is 0.0926. The average Bonchev–Trinajstić information content (AvgIpc) is 3.62. The summed E-state index contributed by atoms with van der Waals surface area (Å²) >= 11 is 0. The van der Waals surface area contributed by atoms with Crippen LogP contribution in [0.15, 0.2) is 158 Å². The van der Waals surface area contributed by atoms with Crippen molar-refractivity contribution in [3.05, 3.63) is 169 Å². The second-order valence-corrected chi connectivity index (χ2v) is 11.8. The Hall–Kier alpha value is -6.66. The van der Waals surface area contributed by atoms with Gasteiger partial charge >= 0.3 is 0 Å². The van der Waals surface area contributed by atoms with Gasteiger partial charge < -0.3 is 4.57 Å². The van der Waals surface area contributed by atoms with Crippen molar-refractivity contribution < 1.29 is 9.59 Å². The molecule has 0 radical (unpaired) electrons. The number of anilines is 1. The number of fused-ring (bicyclic) bond motifs is 4. The van der Waals surface area contributed by atoms with Gasteiger partial charge in [-0.3, -0.25) is 19.6 Å². The van der Waals surface area contributed by atoms with E-state index in [0.717, 1.165) is 55.2 Å². The molecular weight excluding hydrogens is 592 g/mol. The molecule has 0 aliphatic carbocycles. The molecule has 0 saturated heterocycles. The Morgan fingerprint density at radius 1 is 0.417 bits per heavy atom. The van der Waals surface area contributed by atoms with E-state index in [1.807, 2.05) is 91.0 Å². The molecule has 2 amide bonds. The van der Waals surface area contributed by atoms with Crippen molar-refractivity contribution in [3.8, 4) is 39.1 Å². The summed E-state index contributed by atoms with van der Waals surface area (Å²) in [6, 6.07) is 43.7. The first-order valence-electron chi connectivity index (χ1n) is 15.7. The van der Waals surface area contributed by atoms with Gasteiger partial charge in [0, 0.05) is 41.1 Å². The molecule has 226 valence electrons. The van der Waals surface area contributed by atoms with Crippen LogP contribution in [0.2, 0.25) is 0 Å². The van der Waals surface area contributed by atoms with Gasteiger partial charge in [0.15, 0.2) is 0 Å². The fraction of sp³-hybridized carbons (Fsp3) is 0.